The number of allylic oxidation sites excluding steroid dienone is 1. The van der Waals surface area contributed by atoms with Gasteiger partial charge in [-0.2, -0.15) is 5.26 Å². The molecule has 0 saturated heterocycles. The van der Waals surface area contributed by atoms with Crippen LogP contribution in [-0.4, -0.2) is 11.2 Å². The molecule has 1 N–H and O–H groups in total. The van der Waals surface area contributed by atoms with Gasteiger partial charge in [0.1, 0.15) is 0 Å². The first-order valence-corrected chi connectivity index (χ1v) is 4.46. The van der Waals surface area contributed by atoms with E-state index >= 15 is 0 Å². The molecule has 0 aromatic heterocycles. The highest BCUT2D eigenvalue weighted by atomic mass is 16.3. The average Bonchev–Trinajstić information content (AvgIpc) is 2.05. The Bertz CT molecular complexity index is 195. The topological polar surface area (TPSA) is 44.0 Å². The van der Waals surface area contributed by atoms with Crippen LogP contribution < -0.4 is 0 Å². The van der Waals surface area contributed by atoms with Crippen molar-refractivity contribution in [2.75, 3.05) is 0 Å². The summed E-state index contributed by atoms with van der Waals surface area (Å²) in [4.78, 5) is 0. The maximum absolute atomic E-state index is 9.51. The summed E-state index contributed by atoms with van der Waals surface area (Å²) in [6.45, 7) is 3.67. The SMILES string of the molecule is C=CCC1CCC(C#N)C(O)C1. The van der Waals surface area contributed by atoms with Gasteiger partial charge in [-0.1, -0.05) is 6.08 Å². The maximum Gasteiger partial charge on any atom is 0.0722 e. The van der Waals surface area contributed by atoms with E-state index in [0.29, 0.717) is 5.92 Å². The first kappa shape index (κ1) is 9.28. The van der Waals surface area contributed by atoms with E-state index in [1.54, 1.807) is 0 Å². The van der Waals surface area contributed by atoms with Crippen LogP contribution >= 0.6 is 0 Å². The van der Waals surface area contributed by atoms with Gasteiger partial charge in [0.15, 0.2) is 0 Å². The summed E-state index contributed by atoms with van der Waals surface area (Å²) in [5, 5.41) is 18.2. The zero-order valence-electron chi connectivity index (χ0n) is 7.24. The summed E-state index contributed by atoms with van der Waals surface area (Å²) in [7, 11) is 0. The zero-order chi connectivity index (χ0) is 8.97. The van der Waals surface area contributed by atoms with Crippen LogP contribution in [0.4, 0.5) is 0 Å². The van der Waals surface area contributed by atoms with Crippen LogP contribution in [0.2, 0.25) is 0 Å². The van der Waals surface area contributed by atoms with E-state index in [0.717, 1.165) is 25.7 Å². The second-order valence-corrected chi connectivity index (χ2v) is 3.51. The van der Waals surface area contributed by atoms with E-state index in [4.69, 9.17) is 5.26 Å². The number of aliphatic hydroxyl groups is 1. The van der Waals surface area contributed by atoms with E-state index in [1.807, 2.05) is 6.08 Å². The third kappa shape index (κ3) is 2.09. The number of nitrogens with zero attached hydrogens (tertiary/aromatic N) is 1. The normalized spacial score (nSPS) is 35.5. The van der Waals surface area contributed by atoms with Gasteiger partial charge < -0.3 is 5.11 Å². The Labute approximate surface area is 73.5 Å². The molecule has 66 valence electrons. The van der Waals surface area contributed by atoms with Crippen LogP contribution in [0.25, 0.3) is 0 Å². The van der Waals surface area contributed by atoms with Crippen LogP contribution in [-0.2, 0) is 0 Å². The molecule has 1 fully saturated rings. The third-order valence-corrected chi connectivity index (χ3v) is 2.59. The summed E-state index contributed by atoms with van der Waals surface area (Å²) >= 11 is 0. The lowest BCUT2D eigenvalue weighted by Crippen LogP contribution is -2.28. The summed E-state index contributed by atoms with van der Waals surface area (Å²) in [6, 6.07) is 2.14. The predicted molar refractivity (Wildman–Crippen MR) is 47.3 cm³/mol. The van der Waals surface area contributed by atoms with Gasteiger partial charge in [-0.3, -0.25) is 0 Å². The largest absolute Gasteiger partial charge is 0.392 e. The molecule has 1 saturated carbocycles. The summed E-state index contributed by atoms with van der Waals surface area (Å²) in [5.41, 5.74) is 0. The summed E-state index contributed by atoms with van der Waals surface area (Å²) in [6.07, 6.45) is 5.12. The quantitative estimate of drug-likeness (QED) is 0.635. The molecular formula is C10H15NO. The molecule has 3 unspecified atom stereocenters. The Morgan fingerprint density at radius 1 is 1.58 bits per heavy atom. The van der Waals surface area contributed by atoms with Gasteiger partial charge in [-0.15, -0.1) is 6.58 Å². The smallest absolute Gasteiger partial charge is 0.0722 e. The van der Waals surface area contributed by atoms with E-state index in [2.05, 4.69) is 12.6 Å². The molecule has 1 rings (SSSR count). The predicted octanol–water partition coefficient (Wildman–Crippen LogP) is 1.86. The molecule has 0 spiro atoms. The molecule has 0 aromatic carbocycles. The number of hydrogen-bond donors (Lipinski definition) is 1. The van der Waals surface area contributed by atoms with Crippen LogP contribution in [0, 0.1) is 23.2 Å². The highest BCUT2D eigenvalue weighted by Crippen LogP contribution is 2.30. The number of hydrogen-bond acceptors (Lipinski definition) is 2. The molecule has 0 radical (unpaired) electrons. The Hall–Kier alpha value is -0.810. The lowest BCUT2D eigenvalue weighted by atomic mass is 9.79. The molecule has 12 heavy (non-hydrogen) atoms. The van der Waals surface area contributed by atoms with Crippen molar-refractivity contribution < 1.29 is 5.11 Å². The standard InChI is InChI=1S/C10H15NO/c1-2-3-8-4-5-9(7-11)10(12)6-8/h2,8-10,12H,1,3-6H2. The Morgan fingerprint density at radius 2 is 2.33 bits per heavy atom. The van der Waals surface area contributed by atoms with E-state index in [-0.39, 0.29) is 5.92 Å². The molecular weight excluding hydrogens is 150 g/mol. The first-order chi connectivity index (χ1) is 5.77. The Morgan fingerprint density at radius 3 is 2.83 bits per heavy atom. The van der Waals surface area contributed by atoms with Gasteiger partial charge in [-0.25, -0.2) is 0 Å². The molecule has 0 heterocycles. The van der Waals surface area contributed by atoms with Gasteiger partial charge in [0.2, 0.25) is 0 Å². The fraction of sp³-hybridized carbons (Fsp3) is 0.700. The second-order valence-electron chi connectivity index (χ2n) is 3.51. The molecule has 0 aromatic rings. The van der Waals surface area contributed by atoms with Crippen molar-refractivity contribution in [3.8, 4) is 6.07 Å². The van der Waals surface area contributed by atoms with E-state index < -0.39 is 6.10 Å². The van der Waals surface area contributed by atoms with Crippen molar-refractivity contribution in [2.24, 2.45) is 11.8 Å². The zero-order valence-corrected chi connectivity index (χ0v) is 7.24. The molecule has 2 nitrogen and oxygen atoms in total. The highest BCUT2D eigenvalue weighted by Gasteiger charge is 2.27. The van der Waals surface area contributed by atoms with Crippen LogP contribution in [0.1, 0.15) is 25.7 Å². The van der Waals surface area contributed by atoms with Crippen LogP contribution in [0.15, 0.2) is 12.7 Å². The Balaban J connectivity index is 2.41. The van der Waals surface area contributed by atoms with E-state index in [1.165, 1.54) is 0 Å². The molecule has 1 aliphatic rings. The van der Waals surface area contributed by atoms with Gasteiger partial charge in [0, 0.05) is 0 Å². The summed E-state index contributed by atoms with van der Waals surface area (Å²) < 4.78 is 0. The lowest BCUT2D eigenvalue weighted by molar-refractivity contribution is 0.0697. The fourth-order valence-electron chi connectivity index (χ4n) is 1.83. The molecule has 2 heteroatoms. The highest BCUT2D eigenvalue weighted by molar-refractivity contribution is 4.93. The second kappa shape index (κ2) is 4.27. The van der Waals surface area contributed by atoms with Gasteiger partial charge in [0.05, 0.1) is 18.1 Å². The summed E-state index contributed by atoms with van der Waals surface area (Å²) in [5.74, 6) is 0.410. The Kier molecular flexibility index (Phi) is 3.31. The van der Waals surface area contributed by atoms with Crippen LogP contribution in [0.3, 0.4) is 0 Å². The van der Waals surface area contributed by atoms with Crippen molar-refractivity contribution in [3.63, 3.8) is 0 Å². The molecule has 0 bridgehead atoms. The lowest BCUT2D eigenvalue weighted by Gasteiger charge is -2.28. The minimum absolute atomic E-state index is 0.133. The van der Waals surface area contributed by atoms with Crippen molar-refractivity contribution in [1.29, 1.82) is 5.26 Å². The number of nitriles is 1. The van der Waals surface area contributed by atoms with Crippen molar-refractivity contribution in [1.82, 2.24) is 0 Å². The molecule has 0 amide bonds. The molecule has 0 aliphatic heterocycles. The fourth-order valence-corrected chi connectivity index (χ4v) is 1.83. The van der Waals surface area contributed by atoms with E-state index in [9.17, 15) is 5.11 Å². The molecule has 3 atom stereocenters. The van der Waals surface area contributed by atoms with Crippen LogP contribution in [0.5, 0.6) is 0 Å². The minimum Gasteiger partial charge on any atom is -0.392 e. The third-order valence-electron chi connectivity index (χ3n) is 2.59. The number of rotatable bonds is 2. The minimum atomic E-state index is -0.409. The van der Waals surface area contributed by atoms with Gasteiger partial charge >= 0.3 is 0 Å². The van der Waals surface area contributed by atoms with Gasteiger partial charge in [0.25, 0.3) is 0 Å². The molecule has 1 aliphatic carbocycles. The van der Waals surface area contributed by atoms with Crippen molar-refractivity contribution >= 4 is 0 Å². The van der Waals surface area contributed by atoms with Crippen molar-refractivity contribution in [2.45, 2.75) is 31.8 Å². The average molecular weight is 165 g/mol. The first-order valence-electron chi connectivity index (χ1n) is 4.46. The monoisotopic (exact) mass is 165 g/mol. The number of aliphatic hydroxyl groups excluding tert-OH is 1. The van der Waals surface area contributed by atoms with Crippen molar-refractivity contribution in [3.05, 3.63) is 12.7 Å². The van der Waals surface area contributed by atoms with Gasteiger partial charge in [-0.05, 0) is 31.6 Å². The maximum atomic E-state index is 9.51.